The van der Waals surface area contributed by atoms with Crippen LogP contribution in [0.25, 0.3) is 0 Å². The molecular weight excluding hydrogens is 378 g/mol. The molecule has 0 radical (unpaired) electrons. The predicted octanol–water partition coefficient (Wildman–Crippen LogP) is 1.75. The number of aromatic nitrogens is 2. The molecule has 2 unspecified atom stereocenters. The van der Waals surface area contributed by atoms with Crippen molar-refractivity contribution in [1.29, 1.82) is 0 Å². The molecule has 168 valence electrons. The monoisotopic (exact) mass is 417 g/mol. The van der Waals surface area contributed by atoms with Gasteiger partial charge in [0.25, 0.3) is 0 Å². The van der Waals surface area contributed by atoms with Gasteiger partial charge < -0.3 is 20.3 Å². The van der Waals surface area contributed by atoms with E-state index in [0.717, 1.165) is 77.0 Å². The molecule has 0 aromatic carbocycles. The maximum Gasteiger partial charge on any atom is 0.225 e. The fourth-order valence-corrected chi connectivity index (χ4v) is 4.90. The van der Waals surface area contributed by atoms with Gasteiger partial charge in [-0.3, -0.25) is 9.89 Å². The first kappa shape index (κ1) is 22.7. The van der Waals surface area contributed by atoms with Crippen molar-refractivity contribution in [3.63, 3.8) is 0 Å². The Labute approximate surface area is 181 Å². The van der Waals surface area contributed by atoms with Gasteiger partial charge in [0.2, 0.25) is 5.95 Å². The largest absolute Gasteiger partial charge is 0.378 e. The maximum absolute atomic E-state index is 6.00. The van der Waals surface area contributed by atoms with Crippen molar-refractivity contribution in [2.45, 2.75) is 52.2 Å². The Bertz CT molecular complexity index is 657. The molecule has 1 aromatic heterocycles. The first-order valence-electron chi connectivity index (χ1n) is 11.5. The normalized spacial score (nSPS) is 24.4. The van der Waals surface area contributed by atoms with E-state index in [9.17, 15) is 0 Å². The van der Waals surface area contributed by atoms with Crippen LogP contribution in [-0.4, -0.2) is 85.9 Å². The van der Waals surface area contributed by atoms with Crippen molar-refractivity contribution in [3.05, 3.63) is 18.5 Å². The van der Waals surface area contributed by atoms with Gasteiger partial charge in [-0.05, 0) is 32.3 Å². The molecule has 1 aliphatic heterocycles. The number of guanidine groups is 1. The molecule has 1 aliphatic carbocycles. The molecule has 2 aliphatic rings. The Hall–Kier alpha value is -1.93. The number of aliphatic imine (C=N–C) groups is 1. The van der Waals surface area contributed by atoms with E-state index in [1.165, 1.54) is 0 Å². The number of hydrogen-bond acceptors (Lipinski definition) is 6. The molecule has 30 heavy (non-hydrogen) atoms. The van der Waals surface area contributed by atoms with Gasteiger partial charge in [0.1, 0.15) is 0 Å². The fourth-order valence-electron chi connectivity index (χ4n) is 4.90. The summed E-state index contributed by atoms with van der Waals surface area (Å²) < 4.78 is 6.00. The molecule has 8 heteroatoms. The second-order valence-electron chi connectivity index (χ2n) is 8.19. The quantitative estimate of drug-likeness (QED) is 0.468. The summed E-state index contributed by atoms with van der Waals surface area (Å²) in [4.78, 5) is 17.9. The zero-order valence-corrected chi connectivity index (χ0v) is 19.1. The Morgan fingerprint density at radius 3 is 2.47 bits per heavy atom. The molecule has 2 N–H and O–H groups in total. The SMILES string of the molecule is CCOC1CC(NC(=NC)NCCN2CCN(c3ncccn3)CC2)C1(CC)CC. The minimum absolute atomic E-state index is 0.212. The van der Waals surface area contributed by atoms with Gasteiger partial charge in [-0.1, -0.05) is 13.8 Å². The standard InChI is InChI=1S/C22H39N7O/c1-5-22(6-2)18(17-19(22)30-7-3)27-20(23-4)24-11-12-28-13-15-29(16-14-28)21-25-9-8-10-26-21/h8-10,18-19H,5-7,11-17H2,1-4H3,(H2,23,24,27). The highest BCUT2D eigenvalue weighted by molar-refractivity contribution is 5.80. The zero-order valence-electron chi connectivity index (χ0n) is 19.1. The van der Waals surface area contributed by atoms with Crippen molar-refractivity contribution >= 4 is 11.9 Å². The molecule has 0 spiro atoms. The van der Waals surface area contributed by atoms with Crippen LogP contribution < -0.4 is 15.5 Å². The second-order valence-corrected chi connectivity index (χ2v) is 8.19. The molecule has 2 atom stereocenters. The fraction of sp³-hybridized carbons (Fsp3) is 0.773. The third-order valence-corrected chi connectivity index (χ3v) is 6.93. The summed E-state index contributed by atoms with van der Waals surface area (Å²) >= 11 is 0. The average Bonchev–Trinajstić information content (AvgIpc) is 2.79. The Morgan fingerprint density at radius 1 is 1.17 bits per heavy atom. The number of nitrogens with zero attached hydrogens (tertiary/aromatic N) is 5. The lowest BCUT2D eigenvalue weighted by Gasteiger charge is -2.55. The first-order chi connectivity index (χ1) is 14.7. The molecule has 0 bridgehead atoms. The van der Waals surface area contributed by atoms with E-state index in [1.807, 2.05) is 25.5 Å². The number of ether oxygens (including phenoxy) is 1. The summed E-state index contributed by atoms with van der Waals surface area (Å²) in [5.41, 5.74) is 0.212. The molecular formula is C22H39N7O. The number of piperazine rings is 1. The van der Waals surface area contributed by atoms with Crippen LogP contribution in [0, 0.1) is 5.41 Å². The van der Waals surface area contributed by atoms with E-state index in [0.29, 0.717) is 12.1 Å². The van der Waals surface area contributed by atoms with Crippen LogP contribution in [0.4, 0.5) is 5.95 Å². The van der Waals surface area contributed by atoms with Crippen molar-refractivity contribution in [2.75, 3.05) is 57.8 Å². The highest BCUT2D eigenvalue weighted by Crippen LogP contribution is 2.48. The van der Waals surface area contributed by atoms with Crippen molar-refractivity contribution in [3.8, 4) is 0 Å². The minimum Gasteiger partial charge on any atom is -0.378 e. The van der Waals surface area contributed by atoms with Gasteiger partial charge in [0.15, 0.2) is 5.96 Å². The van der Waals surface area contributed by atoms with E-state index in [2.05, 4.69) is 56.2 Å². The van der Waals surface area contributed by atoms with Gasteiger partial charge in [-0.25, -0.2) is 9.97 Å². The molecule has 2 heterocycles. The summed E-state index contributed by atoms with van der Waals surface area (Å²) in [6.07, 6.45) is 7.28. The number of hydrogen-bond donors (Lipinski definition) is 2. The summed E-state index contributed by atoms with van der Waals surface area (Å²) in [6.45, 7) is 13.3. The molecule has 1 saturated heterocycles. The average molecular weight is 418 g/mol. The lowest BCUT2D eigenvalue weighted by atomic mass is 9.58. The topological polar surface area (TPSA) is 77.9 Å². The molecule has 8 nitrogen and oxygen atoms in total. The second kappa shape index (κ2) is 10.9. The van der Waals surface area contributed by atoms with E-state index < -0.39 is 0 Å². The summed E-state index contributed by atoms with van der Waals surface area (Å²) in [6, 6.07) is 2.28. The maximum atomic E-state index is 6.00. The lowest BCUT2D eigenvalue weighted by Crippen LogP contribution is -2.65. The van der Waals surface area contributed by atoms with Crippen molar-refractivity contribution < 1.29 is 4.74 Å². The van der Waals surface area contributed by atoms with E-state index in [-0.39, 0.29) is 5.41 Å². The van der Waals surface area contributed by atoms with Crippen LogP contribution in [0.3, 0.4) is 0 Å². The number of anilines is 1. The number of nitrogens with one attached hydrogen (secondary N) is 2. The van der Waals surface area contributed by atoms with Crippen LogP contribution in [-0.2, 0) is 4.74 Å². The molecule has 1 aromatic rings. The Kier molecular flexibility index (Phi) is 8.27. The van der Waals surface area contributed by atoms with Gasteiger partial charge in [-0.15, -0.1) is 0 Å². The van der Waals surface area contributed by atoms with Gasteiger partial charge in [0.05, 0.1) is 6.10 Å². The Morgan fingerprint density at radius 2 is 1.87 bits per heavy atom. The summed E-state index contributed by atoms with van der Waals surface area (Å²) in [7, 11) is 1.85. The van der Waals surface area contributed by atoms with Crippen LogP contribution in [0.1, 0.15) is 40.0 Å². The zero-order chi connectivity index (χ0) is 21.4. The van der Waals surface area contributed by atoms with Crippen molar-refractivity contribution in [2.24, 2.45) is 10.4 Å². The van der Waals surface area contributed by atoms with Gasteiger partial charge in [0, 0.05) is 76.8 Å². The van der Waals surface area contributed by atoms with Crippen LogP contribution in [0.15, 0.2) is 23.5 Å². The minimum atomic E-state index is 0.212. The predicted molar refractivity (Wildman–Crippen MR) is 122 cm³/mol. The third kappa shape index (κ3) is 5.03. The third-order valence-electron chi connectivity index (χ3n) is 6.93. The van der Waals surface area contributed by atoms with Gasteiger partial charge in [-0.2, -0.15) is 0 Å². The highest BCUT2D eigenvalue weighted by atomic mass is 16.5. The highest BCUT2D eigenvalue weighted by Gasteiger charge is 2.53. The molecule has 2 fully saturated rings. The summed E-state index contributed by atoms with van der Waals surface area (Å²) in [5, 5.41) is 7.18. The van der Waals surface area contributed by atoms with Gasteiger partial charge >= 0.3 is 0 Å². The molecule has 3 rings (SSSR count). The van der Waals surface area contributed by atoms with Crippen LogP contribution in [0.5, 0.6) is 0 Å². The Balaban J connectivity index is 1.40. The van der Waals surface area contributed by atoms with Crippen LogP contribution in [0.2, 0.25) is 0 Å². The smallest absolute Gasteiger partial charge is 0.225 e. The number of rotatable bonds is 9. The summed E-state index contributed by atoms with van der Waals surface area (Å²) in [5.74, 6) is 1.73. The lowest BCUT2D eigenvalue weighted by molar-refractivity contribution is -0.133. The van der Waals surface area contributed by atoms with Crippen molar-refractivity contribution in [1.82, 2.24) is 25.5 Å². The molecule has 0 amide bonds. The molecule has 1 saturated carbocycles. The van der Waals surface area contributed by atoms with Crippen LogP contribution >= 0.6 is 0 Å². The first-order valence-corrected chi connectivity index (χ1v) is 11.5. The van der Waals surface area contributed by atoms with E-state index in [1.54, 1.807) is 0 Å². The van der Waals surface area contributed by atoms with E-state index in [4.69, 9.17) is 4.74 Å². The van der Waals surface area contributed by atoms with E-state index >= 15 is 0 Å².